The van der Waals surface area contributed by atoms with Gasteiger partial charge in [0.15, 0.2) is 0 Å². The van der Waals surface area contributed by atoms with Crippen LogP contribution >= 0.6 is 0 Å². The van der Waals surface area contributed by atoms with Gasteiger partial charge in [-0.3, -0.25) is 14.5 Å². The van der Waals surface area contributed by atoms with Gasteiger partial charge < -0.3 is 0 Å². The zero-order chi connectivity index (χ0) is 11.7. The van der Waals surface area contributed by atoms with Crippen molar-refractivity contribution in [2.45, 2.75) is 32.2 Å². The minimum absolute atomic E-state index is 0.0475. The summed E-state index contributed by atoms with van der Waals surface area (Å²) in [5, 5.41) is 0. The van der Waals surface area contributed by atoms with E-state index in [4.69, 9.17) is 0 Å². The lowest BCUT2D eigenvalue weighted by atomic mass is 9.98. The predicted octanol–water partition coefficient (Wildman–Crippen LogP) is 1.94. The molecule has 1 aromatic rings. The molecule has 1 aliphatic rings. The van der Waals surface area contributed by atoms with Gasteiger partial charge in [-0.2, -0.15) is 0 Å². The van der Waals surface area contributed by atoms with Crippen molar-refractivity contribution in [2.75, 3.05) is 0 Å². The summed E-state index contributed by atoms with van der Waals surface area (Å²) in [7, 11) is 0. The molecule has 0 bridgehead atoms. The van der Waals surface area contributed by atoms with Crippen LogP contribution < -0.4 is 0 Å². The lowest BCUT2D eigenvalue weighted by Crippen LogP contribution is -2.36. The molecule has 16 heavy (non-hydrogen) atoms. The number of carbonyl (C=O) groups is 2. The summed E-state index contributed by atoms with van der Waals surface area (Å²) in [6.45, 7) is 3.73. The Bertz CT molecular complexity index is 411. The summed E-state index contributed by atoms with van der Waals surface area (Å²) in [6, 6.07) is 9.45. The van der Waals surface area contributed by atoms with E-state index in [2.05, 4.69) is 0 Å². The molecule has 1 fully saturated rings. The molecule has 1 saturated heterocycles. The van der Waals surface area contributed by atoms with Crippen molar-refractivity contribution in [2.24, 2.45) is 0 Å². The van der Waals surface area contributed by atoms with Crippen LogP contribution in [0.25, 0.3) is 0 Å². The zero-order valence-electron chi connectivity index (χ0n) is 9.51. The maximum absolute atomic E-state index is 12.1. The van der Waals surface area contributed by atoms with Crippen LogP contribution in [0.2, 0.25) is 0 Å². The highest BCUT2D eigenvalue weighted by Crippen LogP contribution is 2.30. The average molecular weight is 217 g/mol. The Morgan fingerprint density at radius 3 is 2.31 bits per heavy atom. The summed E-state index contributed by atoms with van der Waals surface area (Å²) >= 11 is 0. The minimum Gasteiger partial charge on any atom is -0.280 e. The Labute approximate surface area is 95.1 Å². The molecule has 1 atom stereocenters. The number of amides is 2. The number of benzene rings is 1. The Kier molecular flexibility index (Phi) is 2.77. The van der Waals surface area contributed by atoms with Gasteiger partial charge in [0.2, 0.25) is 11.8 Å². The van der Waals surface area contributed by atoms with Crippen molar-refractivity contribution in [1.82, 2.24) is 4.90 Å². The number of rotatable bonds is 2. The lowest BCUT2D eigenvalue weighted by Gasteiger charge is -2.18. The second-order valence-corrected chi connectivity index (χ2v) is 4.36. The molecule has 1 aromatic carbocycles. The fourth-order valence-corrected chi connectivity index (χ4v) is 2.14. The topological polar surface area (TPSA) is 37.4 Å². The molecule has 2 rings (SSSR count). The number of imide groups is 1. The van der Waals surface area contributed by atoms with Gasteiger partial charge in [0, 0.05) is 12.5 Å². The van der Waals surface area contributed by atoms with E-state index in [1.54, 1.807) is 0 Å². The summed E-state index contributed by atoms with van der Waals surface area (Å²) in [5.41, 5.74) is 0.934. The molecule has 1 aliphatic heterocycles. The Balaban J connectivity index is 2.28. The molecule has 84 valence electrons. The SMILES string of the molecule is CC(C)N1C(=O)CC(c2ccccc2)C1=O. The monoisotopic (exact) mass is 217 g/mol. The van der Waals surface area contributed by atoms with Gasteiger partial charge in [0.1, 0.15) is 0 Å². The maximum atomic E-state index is 12.1. The Morgan fingerprint density at radius 1 is 1.19 bits per heavy atom. The van der Waals surface area contributed by atoms with Crippen LogP contribution in [0, 0.1) is 0 Å². The molecule has 3 nitrogen and oxygen atoms in total. The van der Waals surface area contributed by atoms with E-state index in [-0.39, 0.29) is 23.8 Å². The molecular weight excluding hydrogens is 202 g/mol. The molecule has 0 N–H and O–H groups in total. The third-order valence-corrected chi connectivity index (χ3v) is 2.90. The van der Waals surface area contributed by atoms with E-state index in [1.165, 1.54) is 4.90 Å². The van der Waals surface area contributed by atoms with Gasteiger partial charge in [-0.1, -0.05) is 30.3 Å². The highest BCUT2D eigenvalue weighted by molar-refractivity contribution is 6.06. The molecule has 3 heteroatoms. The molecule has 2 amide bonds. The molecule has 0 radical (unpaired) electrons. The van der Waals surface area contributed by atoms with Crippen LogP contribution in [0.1, 0.15) is 31.7 Å². The number of carbonyl (C=O) groups excluding carboxylic acids is 2. The summed E-state index contributed by atoms with van der Waals surface area (Å²) < 4.78 is 0. The van der Waals surface area contributed by atoms with Gasteiger partial charge in [-0.15, -0.1) is 0 Å². The fraction of sp³-hybridized carbons (Fsp3) is 0.385. The van der Waals surface area contributed by atoms with Crippen molar-refractivity contribution < 1.29 is 9.59 Å². The first-order valence-electron chi connectivity index (χ1n) is 5.52. The standard InChI is InChI=1S/C13H15NO2/c1-9(2)14-12(15)8-11(13(14)16)10-6-4-3-5-7-10/h3-7,9,11H,8H2,1-2H3. The van der Waals surface area contributed by atoms with E-state index in [9.17, 15) is 9.59 Å². The first kappa shape index (κ1) is 10.9. The van der Waals surface area contributed by atoms with Gasteiger partial charge in [-0.25, -0.2) is 0 Å². The number of hydrogen-bond acceptors (Lipinski definition) is 2. The van der Waals surface area contributed by atoms with Gasteiger partial charge in [0.25, 0.3) is 0 Å². The number of nitrogens with zero attached hydrogens (tertiary/aromatic N) is 1. The minimum atomic E-state index is -0.281. The molecule has 1 heterocycles. The van der Waals surface area contributed by atoms with Crippen molar-refractivity contribution in [3.8, 4) is 0 Å². The van der Waals surface area contributed by atoms with E-state index in [1.807, 2.05) is 44.2 Å². The Morgan fingerprint density at radius 2 is 1.81 bits per heavy atom. The van der Waals surface area contributed by atoms with E-state index in [0.717, 1.165) is 5.56 Å². The summed E-state index contributed by atoms with van der Waals surface area (Å²) in [5.74, 6) is -0.406. The summed E-state index contributed by atoms with van der Waals surface area (Å²) in [6.07, 6.45) is 0.307. The Hall–Kier alpha value is -1.64. The molecule has 1 unspecified atom stereocenters. The smallest absolute Gasteiger partial charge is 0.237 e. The van der Waals surface area contributed by atoms with Crippen LogP contribution in [-0.4, -0.2) is 22.8 Å². The van der Waals surface area contributed by atoms with E-state index >= 15 is 0 Å². The van der Waals surface area contributed by atoms with Gasteiger partial charge in [-0.05, 0) is 19.4 Å². The van der Waals surface area contributed by atoms with Crippen LogP contribution in [0.5, 0.6) is 0 Å². The highest BCUT2D eigenvalue weighted by Gasteiger charge is 2.40. The molecule has 0 spiro atoms. The average Bonchev–Trinajstić information content (AvgIpc) is 2.55. The maximum Gasteiger partial charge on any atom is 0.237 e. The van der Waals surface area contributed by atoms with Gasteiger partial charge >= 0.3 is 0 Å². The molecular formula is C13H15NO2. The zero-order valence-corrected chi connectivity index (χ0v) is 9.51. The van der Waals surface area contributed by atoms with Crippen molar-refractivity contribution >= 4 is 11.8 Å². The highest BCUT2D eigenvalue weighted by atomic mass is 16.2. The van der Waals surface area contributed by atoms with E-state index < -0.39 is 0 Å². The quantitative estimate of drug-likeness (QED) is 0.710. The summed E-state index contributed by atoms with van der Waals surface area (Å²) in [4.78, 5) is 25.2. The van der Waals surface area contributed by atoms with Crippen LogP contribution in [0.15, 0.2) is 30.3 Å². The van der Waals surface area contributed by atoms with Crippen LogP contribution in [0.3, 0.4) is 0 Å². The first-order valence-corrected chi connectivity index (χ1v) is 5.52. The van der Waals surface area contributed by atoms with Crippen molar-refractivity contribution in [3.63, 3.8) is 0 Å². The third kappa shape index (κ3) is 1.73. The van der Waals surface area contributed by atoms with Crippen molar-refractivity contribution in [3.05, 3.63) is 35.9 Å². The third-order valence-electron chi connectivity index (χ3n) is 2.90. The second-order valence-electron chi connectivity index (χ2n) is 4.36. The largest absolute Gasteiger partial charge is 0.280 e. The van der Waals surface area contributed by atoms with Crippen molar-refractivity contribution in [1.29, 1.82) is 0 Å². The first-order chi connectivity index (χ1) is 7.61. The van der Waals surface area contributed by atoms with Gasteiger partial charge in [0.05, 0.1) is 5.92 Å². The number of hydrogen-bond donors (Lipinski definition) is 0. The second kappa shape index (κ2) is 4.08. The fourth-order valence-electron chi connectivity index (χ4n) is 2.14. The molecule has 0 saturated carbocycles. The predicted molar refractivity (Wildman–Crippen MR) is 60.8 cm³/mol. The normalized spacial score (nSPS) is 20.9. The molecule has 0 aromatic heterocycles. The number of likely N-dealkylation sites (tertiary alicyclic amines) is 1. The van der Waals surface area contributed by atoms with Crippen LogP contribution in [-0.2, 0) is 9.59 Å². The lowest BCUT2D eigenvalue weighted by molar-refractivity contribution is -0.140. The molecule has 0 aliphatic carbocycles. The van der Waals surface area contributed by atoms with Crippen LogP contribution in [0.4, 0.5) is 0 Å². The van der Waals surface area contributed by atoms with E-state index in [0.29, 0.717) is 6.42 Å².